The first-order valence-electron chi connectivity index (χ1n) is 13.5. The normalized spacial score (nSPS) is 23.8. The number of likely N-dealkylation sites (tertiary alicyclic amines) is 1. The fraction of sp³-hybridized carbons (Fsp3) is 0.433. The second-order valence-corrected chi connectivity index (χ2v) is 11.5. The van der Waals surface area contributed by atoms with Crippen molar-refractivity contribution in [2.45, 2.75) is 57.2 Å². The quantitative estimate of drug-likeness (QED) is 0.451. The van der Waals surface area contributed by atoms with Crippen LogP contribution in [0, 0.1) is 5.92 Å². The topological polar surface area (TPSA) is 101 Å². The molecule has 206 valence electrons. The molecular formula is C30H34BrN3O5. The van der Waals surface area contributed by atoms with Crippen molar-refractivity contribution >= 4 is 45.0 Å². The van der Waals surface area contributed by atoms with Gasteiger partial charge in [0.2, 0.25) is 11.8 Å². The number of amides is 3. The van der Waals surface area contributed by atoms with Crippen molar-refractivity contribution in [3.63, 3.8) is 0 Å². The minimum Gasteiger partial charge on any atom is -0.394 e. The van der Waals surface area contributed by atoms with Crippen molar-refractivity contribution in [2.24, 2.45) is 5.92 Å². The molecule has 2 fully saturated rings. The van der Waals surface area contributed by atoms with Crippen LogP contribution in [0.2, 0.25) is 0 Å². The highest BCUT2D eigenvalue weighted by Crippen LogP contribution is 2.47. The summed E-state index contributed by atoms with van der Waals surface area (Å²) in [7, 11) is 0. The molecule has 0 bridgehead atoms. The summed E-state index contributed by atoms with van der Waals surface area (Å²) in [5.41, 5.74) is 1.01. The van der Waals surface area contributed by atoms with Gasteiger partial charge in [0, 0.05) is 47.6 Å². The molecule has 0 unspecified atom stereocenters. The molecule has 3 atom stereocenters. The Kier molecular flexibility index (Phi) is 7.94. The Hall–Kier alpha value is -3.01. The molecule has 0 aliphatic carbocycles. The van der Waals surface area contributed by atoms with Gasteiger partial charge in [-0.1, -0.05) is 47.1 Å². The highest BCUT2D eigenvalue weighted by molar-refractivity contribution is 9.10. The van der Waals surface area contributed by atoms with Crippen LogP contribution in [0.1, 0.15) is 50.2 Å². The van der Waals surface area contributed by atoms with E-state index in [9.17, 15) is 24.6 Å². The molecule has 39 heavy (non-hydrogen) atoms. The van der Waals surface area contributed by atoms with E-state index < -0.39 is 17.4 Å². The number of carbonyl (C=O) groups excluding carboxylic acids is 3. The van der Waals surface area contributed by atoms with Gasteiger partial charge in [-0.05, 0) is 55.2 Å². The number of hydrogen-bond donors (Lipinski definition) is 2. The standard InChI is InChI=1S/C30H34BrN3O5/c1-20(6-2-10-27(36)33-14-4-9-24(33)19-35)30(39)25-17-22(31)12-13-26(25)34(29(30)38)18-21-7-3-8-23(16-21)32-15-5-11-28(32)37/h2-3,6-8,12-13,16-17,20,24,35,39H,4-5,9-11,14-15,18-19H2,1H3/b6-2+/t20-,24-,30+/m0/s1. The maximum atomic E-state index is 13.9. The van der Waals surface area contributed by atoms with E-state index in [1.165, 1.54) is 0 Å². The lowest BCUT2D eigenvalue weighted by Gasteiger charge is -2.28. The maximum absolute atomic E-state index is 13.9. The van der Waals surface area contributed by atoms with Crippen LogP contribution >= 0.6 is 15.9 Å². The predicted molar refractivity (Wildman–Crippen MR) is 152 cm³/mol. The molecule has 0 aromatic heterocycles. The summed E-state index contributed by atoms with van der Waals surface area (Å²) in [5.74, 6) is -0.996. The number of rotatable bonds is 8. The van der Waals surface area contributed by atoms with Crippen LogP contribution in [-0.4, -0.2) is 58.6 Å². The van der Waals surface area contributed by atoms with Gasteiger partial charge >= 0.3 is 0 Å². The van der Waals surface area contributed by atoms with Gasteiger partial charge in [0.15, 0.2) is 5.60 Å². The maximum Gasteiger partial charge on any atom is 0.264 e. The highest BCUT2D eigenvalue weighted by atomic mass is 79.9. The van der Waals surface area contributed by atoms with E-state index in [-0.39, 0.29) is 37.4 Å². The molecule has 3 heterocycles. The summed E-state index contributed by atoms with van der Waals surface area (Å²) < 4.78 is 0.749. The van der Waals surface area contributed by atoms with Gasteiger partial charge in [-0.15, -0.1) is 0 Å². The summed E-state index contributed by atoms with van der Waals surface area (Å²) in [4.78, 5) is 43.9. The molecule has 3 aliphatic heterocycles. The molecule has 2 aromatic carbocycles. The monoisotopic (exact) mass is 595 g/mol. The predicted octanol–water partition coefficient (Wildman–Crippen LogP) is 3.88. The van der Waals surface area contributed by atoms with E-state index in [0.29, 0.717) is 30.8 Å². The molecule has 3 aliphatic rings. The average molecular weight is 597 g/mol. The summed E-state index contributed by atoms with van der Waals surface area (Å²) in [6.45, 7) is 3.31. The number of aliphatic hydroxyl groups is 2. The zero-order chi connectivity index (χ0) is 27.7. The largest absolute Gasteiger partial charge is 0.394 e. The van der Waals surface area contributed by atoms with Gasteiger partial charge in [0.25, 0.3) is 5.91 Å². The highest BCUT2D eigenvalue weighted by Gasteiger charge is 2.52. The Bertz CT molecular complexity index is 1310. The van der Waals surface area contributed by atoms with E-state index in [4.69, 9.17) is 0 Å². The van der Waals surface area contributed by atoms with E-state index in [1.54, 1.807) is 39.8 Å². The average Bonchev–Trinajstić information content (AvgIpc) is 3.63. The van der Waals surface area contributed by atoms with Crippen LogP contribution in [-0.2, 0) is 26.5 Å². The zero-order valence-corrected chi connectivity index (χ0v) is 23.6. The molecule has 0 saturated carbocycles. The fourth-order valence-corrected chi connectivity index (χ4v) is 6.35. The Labute approximate surface area is 237 Å². The van der Waals surface area contributed by atoms with Gasteiger partial charge in [-0.25, -0.2) is 0 Å². The summed E-state index contributed by atoms with van der Waals surface area (Å²) in [6, 6.07) is 12.9. The van der Waals surface area contributed by atoms with E-state index in [0.717, 1.165) is 35.0 Å². The van der Waals surface area contributed by atoms with Crippen LogP contribution in [0.4, 0.5) is 11.4 Å². The minimum absolute atomic E-state index is 0.0428. The van der Waals surface area contributed by atoms with Crippen molar-refractivity contribution in [3.8, 4) is 0 Å². The first-order valence-corrected chi connectivity index (χ1v) is 14.3. The van der Waals surface area contributed by atoms with Crippen LogP contribution in [0.3, 0.4) is 0 Å². The molecule has 2 aromatic rings. The molecule has 0 spiro atoms. The number of fused-ring (bicyclic) bond motifs is 1. The second-order valence-electron chi connectivity index (χ2n) is 10.6. The van der Waals surface area contributed by atoms with Crippen LogP contribution in [0.15, 0.2) is 59.1 Å². The molecule has 2 saturated heterocycles. The minimum atomic E-state index is -1.80. The Balaban J connectivity index is 1.37. The second kappa shape index (κ2) is 11.2. The van der Waals surface area contributed by atoms with Gasteiger partial charge < -0.3 is 24.9 Å². The molecule has 9 heteroatoms. The molecule has 2 N–H and O–H groups in total. The Morgan fingerprint density at radius 3 is 2.74 bits per heavy atom. The molecular weight excluding hydrogens is 562 g/mol. The lowest BCUT2D eigenvalue weighted by Crippen LogP contribution is -2.44. The number of benzene rings is 2. The third-order valence-electron chi connectivity index (χ3n) is 8.15. The van der Waals surface area contributed by atoms with Gasteiger partial charge in [-0.2, -0.15) is 0 Å². The van der Waals surface area contributed by atoms with Crippen LogP contribution in [0.5, 0.6) is 0 Å². The number of halogens is 1. The number of anilines is 2. The van der Waals surface area contributed by atoms with Crippen molar-refractivity contribution < 1.29 is 24.6 Å². The first-order chi connectivity index (χ1) is 18.7. The van der Waals surface area contributed by atoms with Gasteiger partial charge in [-0.3, -0.25) is 14.4 Å². The lowest BCUT2D eigenvalue weighted by atomic mass is 9.83. The smallest absolute Gasteiger partial charge is 0.264 e. The molecule has 8 nitrogen and oxygen atoms in total. The van der Waals surface area contributed by atoms with Crippen LogP contribution in [0.25, 0.3) is 0 Å². The summed E-state index contributed by atoms with van der Waals surface area (Å²) >= 11 is 3.48. The number of hydrogen-bond acceptors (Lipinski definition) is 5. The van der Waals surface area contributed by atoms with Gasteiger partial charge in [0.05, 0.1) is 24.9 Å². The molecule has 5 rings (SSSR count). The van der Waals surface area contributed by atoms with Crippen molar-refractivity contribution in [1.82, 2.24) is 4.90 Å². The van der Waals surface area contributed by atoms with Crippen molar-refractivity contribution in [3.05, 3.63) is 70.2 Å². The number of nitrogens with zero attached hydrogens (tertiary/aromatic N) is 3. The molecule has 0 radical (unpaired) electrons. The summed E-state index contributed by atoms with van der Waals surface area (Å²) in [5, 5.41) is 21.5. The Morgan fingerprint density at radius 2 is 2.00 bits per heavy atom. The SMILES string of the molecule is C[C@@H](/C=C/CC(=O)N1CCC[C@H]1CO)[C@]1(O)C(=O)N(Cc2cccc(N3CCCC3=O)c2)c2ccc(Br)cc21. The van der Waals surface area contributed by atoms with Gasteiger partial charge in [0.1, 0.15) is 0 Å². The Morgan fingerprint density at radius 1 is 1.18 bits per heavy atom. The van der Waals surface area contributed by atoms with E-state index in [2.05, 4.69) is 15.9 Å². The van der Waals surface area contributed by atoms with E-state index >= 15 is 0 Å². The van der Waals surface area contributed by atoms with Crippen molar-refractivity contribution in [1.29, 1.82) is 0 Å². The molecule has 3 amide bonds. The van der Waals surface area contributed by atoms with Crippen LogP contribution < -0.4 is 9.80 Å². The fourth-order valence-electron chi connectivity index (χ4n) is 5.99. The first kappa shape index (κ1) is 27.6. The number of aliphatic hydroxyl groups excluding tert-OH is 1. The summed E-state index contributed by atoms with van der Waals surface area (Å²) in [6.07, 6.45) is 6.64. The van der Waals surface area contributed by atoms with Crippen molar-refractivity contribution in [2.75, 3.05) is 29.5 Å². The number of carbonyl (C=O) groups is 3. The lowest BCUT2D eigenvalue weighted by molar-refractivity contribution is -0.139. The van der Waals surface area contributed by atoms with E-state index in [1.807, 2.05) is 36.4 Å². The zero-order valence-electron chi connectivity index (χ0n) is 22.1. The third-order valence-corrected chi connectivity index (χ3v) is 8.65. The third kappa shape index (κ3) is 5.15.